The van der Waals surface area contributed by atoms with E-state index in [9.17, 15) is 14.4 Å². The molecule has 0 spiro atoms. The fourth-order valence-corrected chi connectivity index (χ4v) is 2.10. The highest BCUT2D eigenvalue weighted by Gasteiger charge is 2.06. The number of aryl methyl sites for hydroxylation is 1. The smallest absolute Gasteiger partial charge is 0.331 e. The fourth-order valence-electron chi connectivity index (χ4n) is 2.10. The molecular weight excluding hydrogens is 332 g/mol. The van der Waals surface area contributed by atoms with Crippen molar-refractivity contribution in [3.8, 4) is 0 Å². The highest BCUT2D eigenvalue weighted by Crippen LogP contribution is 2.15. The second-order valence-electron chi connectivity index (χ2n) is 5.66. The van der Waals surface area contributed by atoms with Gasteiger partial charge in [0.05, 0.1) is 0 Å². The van der Waals surface area contributed by atoms with Crippen LogP contribution in [0.4, 0.5) is 11.4 Å². The van der Waals surface area contributed by atoms with Crippen molar-refractivity contribution in [2.45, 2.75) is 13.8 Å². The van der Waals surface area contributed by atoms with Crippen LogP contribution in [-0.2, 0) is 19.1 Å². The molecule has 0 heterocycles. The minimum Gasteiger partial charge on any atom is -0.452 e. The number of amides is 2. The van der Waals surface area contributed by atoms with Crippen molar-refractivity contribution in [1.82, 2.24) is 0 Å². The monoisotopic (exact) mass is 352 g/mol. The minimum atomic E-state index is -0.604. The number of anilines is 2. The molecule has 0 saturated carbocycles. The first-order chi connectivity index (χ1) is 12.4. The van der Waals surface area contributed by atoms with Crippen LogP contribution < -0.4 is 10.6 Å². The summed E-state index contributed by atoms with van der Waals surface area (Å²) in [4.78, 5) is 34.6. The Morgan fingerprint density at radius 3 is 2.31 bits per heavy atom. The molecule has 0 saturated heterocycles. The Hall–Kier alpha value is -3.41. The lowest BCUT2D eigenvalue weighted by atomic mass is 10.1. The summed E-state index contributed by atoms with van der Waals surface area (Å²) >= 11 is 0. The molecule has 0 aliphatic heterocycles. The summed E-state index contributed by atoms with van der Waals surface area (Å²) in [5.41, 5.74) is 3.05. The molecule has 0 fully saturated rings. The molecule has 2 aromatic rings. The van der Waals surface area contributed by atoms with Crippen LogP contribution in [0, 0.1) is 6.92 Å². The zero-order valence-electron chi connectivity index (χ0n) is 14.6. The Bertz CT molecular complexity index is 826. The van der Waals surface area contributed by atoms with Gasteiger partial charge in [0.15, 0.2) is 6.61 Å². The Morgan fingerprint density at radius 2 is 1.65 bits per heavy atom. The molecule has 6 heteroatoms. The Balaban J connectivity index is 1.81. The van der Waals surface area contributed by atoms with Gasteiger partial charge in [-0.15, -0.1) is 0 Å². The predicted molar refractivity (Wildman–Crippen MR) is 101 cm³/mol. The van der Waals surface area contributed by atoms with Gasteiger partial charge in [-0.1, -0.05) is 35.9 Å². The van der Waals surface area contributed by atoms with E-state index in [2.05, 4.69) is 10.6 Å². The number of rotatable bonds is 6. The van der Waals surface area contributed by atoms with Crippen LogP contribution in [0.15, 0.2) is 54.6 Å². The lowest BCUT2D eigenvalue weighted by Crippen LogP contribution is -2.20. The Morgan fingerprint density at radius 1 is 1.00 bits per heavy atom. The van der Waals surface area contributed by atoms with Crippen molar-refractivity contribution in [2.24, 2.45) is 0 Å². The summed E-state index contributed by atoms with van der Waals surface area (Å²) in [5.74, 6) is -1.28. The van der Waals surface area contributed by atoms with Crippen LogP contribution in [0.3, 0.4) is 0 Å². The number of hydrogen-bond donors (Lipinski definition) is 2. The van der Waals surface area contributed by atoms with E-state index in [1.807, 2.05) is 31.2 Å². The zero-order chi connectivity index (χ0) is 18.9. The Kier molecular flexibility index (Phi) is 6.68. The highest BCUT2D eigenvalue weighted by molar-refractivity contribution is 5.95. The third kappa shape index (κ3) is 6.60. The average Bonchev–Trinajstić information content (AvgIpc) is 2.59. The summed E-state index contributed by atoms with van der Waals surface area (Å²) in [6.45, 7) is 2.97. The molecule has 0 radical (unpaired) electrons. The van der Waals surface area contributed by atoms with Gasteiger partial charge in [-0.2, -0.15) is 0 Å². The molecule has 26 heavy (non-hydrogen) atoms. The molecular formula is C20H20N2O4. The lowest BCUT2D eigenvalue weighted by molar-refractivity contribution is -0.142. The molecule has 0 aliphatic rings. The largest absolute Gasteiger partial charge is 0.452 e. The fraction of sp³-hybridized carbons (Fsp3) is 0.150. The second-order valence-corrected chi connectivity index (χ2v) is 5.66. The lowest BCUT2D eigenvalue weighted by Gasteiger charge is -2.08. The number of benzene rings is 2. The molecule has 2 amide bonds. The van der Waals surface area contributed by atoms with Gasteiger partial charge in [0.2, 0.25) is 5.91 Å². The van der Waals surface area contributed by atoms with Crippen molar-refractivity contribution < 1.29 is 19.1 Å². The van der Waals surface area contributed by atoms with Gasteiger partial charge in [0.25, 0.3) is 5.91 Å². The van der Waals surface area contributed by atoms with E-state index in [0.717, 1.165) is 11.1 Å². The number of nitrogens with one attached hydrogen (secondary N) is 2. The highest BCUT2D eigenvalue weighted by atomic mass is 16.5. The van der Waals surface area contributed by atoms with Gasteiger partial charge < -0.3 is 15.4 Å². The molecule has 0 aliphatic carbocycles. The number of carbonyl (C=O) groups is 3. The topological polar surface area (TPSA) is 84.5 Å². The SMILES string of the molecule is CC(=O)Nc1cccc(NC(=O)COC(=O)/C=C/c2ccc(C)cc2)c1. The van der Waals surface area contributed by atoms with Gasteiger partial charge in [-0.25, -0.2) is 4.79 Å². The van der Waals surface area contributed by atoms with Gasteiger partial charge >= 0.3 is 5.97 Å². The van der Waals surface area contributed by atoms with Crippen molar-refractivity contribution in [1.29, 1.82) is 0 Å². The molecule has 0 atom stereocenters. The van der Waals surface area contributed by atoms with E-state index >= 15 is 0 Å². The van der Waals surface area contributed by atoms with Crippen LogP contribution >= 0.6 is 0 Å². The van der Waals surface area contributed by atoms with Crippen LogP contribution in [0.25, 0.3) is 6.08 Å². The summed E-state index contributed by atoms with van der Waals surface area (Å²) in [6, 6.07) is 14.3. The second kappa shape index (κ2) is 9.17. The van der Waals surface area contributed by atoms with E-state index in [-0.39, 0.29) is 5.91 Å². The summed E-state index contributed by atoms with van der Waals surface area (Å²) < 4.78 is 4.91. The van der Waals surface area contributed by atoms with E-state index in [1.165, 1.54) is 13.0 Å². The normalized spacial score (nSPS) is 10.4. The number of ether oxygens (including phenoxy) is 1. The average molecular weight is 352 g/mol. The minimum absolute atomic E-state index is 0.206. The maximum absolute atomic E-state index is 11.9. The third-order valence-corrected chi connectivity index (χ3v) is 3.30. The zero-order valence-corrected chi connectivity index (χ0v) is 14.6. The van der Waals surface area contributed by atoms with Gasteiger partial charge in [-0.3, -0.25) is 9.59 Å². The first kappa shape index (κ1) is 18.9. The summed E-state index contributed by atoms with van der Waals surface area (Å²) in [7, 11) is 0. The van der Waals surface area contributed by atoms with Crippen LogP contribution in [0.5, 0.6) is 0 Å². The summed E-state index contributed by atoms with van der Waals surface area (Å²) in [5, 5.41) is 5.22. The maximum Gasteiger partial charge on any atom is 0.331 e. The predicted octanol–water partition coefficient (Wildman–Crippen LogP) is 3.15. The van der Waals surface area contributed by atoms with E-state index < -0.39 is 18.5 Å². The van der Waals surface area contributed by atoms with E-state index in [1.54, 1.807) is 30.3 Å². The molecule has 0 bridgehead atoms. The number of carbonyl (C=O) groups excluding carboxylic acids is 3. The molecule has 134 valence electrons. The van der Waals surface area contributed by atoms with Gasteiger partial charge in [-0.05, 0) is 36.8 Å². The quantitative estimate of drug-likeness (QED) is 0.618. The first-order valence-electron chi connectivity index (χ1n) is 8.01. The van der Waals surface area contributed by atoms with Crippen molar-refractivity contribution in [3.63, 3.8) is 0 Å². The van der Waals surface area contributed by atoms with Crippen LogP contribution in [0.2, 0.25) is 0 Å². The van der Waals surface area contributed by atoms with Gasteiger partial charge in [0, 0.05) is 24.4 Å². The Labute approximate surface area is 151 Å². The molecule has 2 aromatic carbocycles. The standard InChI is InChI=1S/C20H20N2O4/c1-14-6-8-16(9-7-14)10-11-20(25)26-13-19(24)22-18-5-3-4-17(12-18)21-15(2)23/h3-12H,13H2,1-2H3,(H,21,23)(H,22,24)/b11-10+. The third-order valence-electron chi connectivity index (χ3n) is 3.30. The molecule has 2 N–H and O–H groups in total. The molecule has 6 nitrogen and oxygen atoms in total. The van der Waals surface area contributed by atoms with Crippen molar-refractivity contribution in [3.05, 3.63) is 65.7 Å². The number of esters is 1. The van der Waals surface area contributed by atoms with Crippen molar-refractivity contribution in [2.75, 3.05) is 17.2 Å². The summed E-state index contributed by atoms with van der Waals surface area (Å²) in [6.07, 6.45) is 2.89. The molecule has 0 aromatic heterocycles. The maximum atomic E-state index is 11.9. The first-order valence-corrected chi connectivity index (χ1v) is 8.01. The van der Waals surface area contributed by atoms with E-state index in [0.29, 0.717) is 11.4 Å². The van der Waals surface area contributed by atoms with Crippen molar-refractivity contribution >= 4 is 35.2 Å². The van der Waals surface area contributed by atoms with Crippen LogP contribution in [0.1, 0.15) is 18.1 Å². The molecule has 0 unspecified atom stereocenters. The van der Waals surface area contributed by atoms with Gasteiger partial charge in [0.1, 0.15) is 0 Å². The number of hydrogen-bond acceptors (Lipinski definition) is 4. The van der Waals surface area contributed by atoms with E-state index in [4.69, 9.17) is 4.74 Å². The van der Waals surface area contributed by atoms with Crippen LogP contribution in [-0.4, -0.2) is 24.4 Å². The molecule has 2 rings (SSSR count).